The van der Waals surface area contributed by atoms with Crippen molar-refractivity contribution in [3.8, 4) is 33.6 Å². The lowest BCUT2D eigenvalue weighted by Crippen LogP contribution is -1.92. The maximum absolute atomic E-state index is 5.08. The second kappa shape index (κ2) is 9.11. The molecule has 8 rings (SSSR count). The Morgan fingerprint density at radius 2 is 1.10 bits per heavy atom. The first-order chi connectivity index (χ1) is 19.8. The minimum atomic E-state index is 0.929. The monoisotopic (exact) mass is 509 g/mol. The van der Waals surface area contributed by atoms with Gasteiger partial charge < -0.3 is 0 Å². The molecule has 0 aliphatic rings. The molecule has 0 aliphatic carbocycles. The highest BCUT2D eigenvalue weighted by atomic mass is 14.8. The van der Waals surface area contributed by atoms with Crippen LogP contribution in [0.15, 0.2) is 140 Å². The highest BCUT2D eigenvalue weighted by molar-refractivity contribution is 6.14. The van der Waals surface area contributed by atoms with Crippen LogP contribution in [0.3, 0.4) is 0 Å². The summed E-state index contributed by atoms with van der Waals surface area (Å²) in [6.45, 7) is 0. The number of rotatable bonds is 3. The molecular formula is C37H23N3. The molecule has 186 valence electrons. The first-order valence-corrected chi connectivity index (χ1v) is 13.5. The molecule has 0 aliphatic heterocycles. The van der Waals surface area contributed by atoms with E-state index in [2.05, 4.69) is 126 Å². The summed E-state index contributed by atoms with van der Waals surface area (Å²) in [5.74, 6) is 0. The molecule has 8 aromatic rings. The summed E-state index contributed by atoms with van der Waals surface area (Å²) < 4.78 is 0. The molecule has 0 radical (unpaired) electrons. The molecule has 0 bridgehead atoms. The van der Waals surface area contributed by atoms with E-state index in [1.165, 1.54) is 21.7 Å². The summed E-state index contributed by atoms with van der Waals surface area (Å²) in [6, 6.07) is 46.7. The SMILES string of the molecule is c1ccc(-c2cc(-c3ccc(-c4ccc5ccc6cccnc6c5n4)cc3)c3c(ccc4ccccc43)n2)cc1. The Bertz CT molecular complexity index is 2200. The lowest BCUT2D eigenvalue weighted by molar-refractivity contribution is 1.37. The Balaban J connectivity index is 1.30. The third-order valence-electron chi connectivity index (χ3n) is 7.69. The maximum Gasteiger partial charge on any atom is 0.0972 e. The predicted octanol–water partition coefficient (Wildman–Crippen LogP) is 9.49. The third kappa shape index (κ3) is 3.71. The van der Waals surface area contributed by atoms with Crippen LogP contribution in [0.5, 0.6) is 0 Å². The minimum absolute atomic E-state index is 0.929. The number of hydrogen-bond donors (Lipinski definition) is 0. The number of pyridine rings is 3. The van der Waals surface area contributed by atoms with Gasteiger partial charge >= 0.3 is 0 Å². The van der Waals surface area contributed by atoms with E-state index < -0.39 is 0 Å². The summed E-state index contributed by atoms with van der Waals surface area (Å²) in [5, 5.41) is 5.79. The molecule has 3 heterocycles. The zero-order valence-corrected chi connectivity index (χ0v) is 21.6. The first-order valence-electron chi connectivity index (χ1n) is 13.5. The molecular weight excluding hydrogens is 486 g/mol. The Morgan fingerprint density at radius 1 is 0.425 bits per heavy atom. The number of aromatic nitrogens is 3. The molecule has 3 nitrogen and oxygen atoms in total. The van der Waals surface area contributed by atoms with E-state index in [-0.39, 0.29) is 0 Å². The molecule has 0 N–H and O–H groups in total. The Hall–Kier alpha value is -5.41. The molecule has 0 fully saturated rings. The van der Waals surface area contributed by atoms with E-state index in [0.717, 1.165) is 55.4 Å². The van der Waals surface area contributed by atoms with Crippen molar-refractivity contribution in [1.29, 1.82) is 0 Å². The largest absolute Gasteiger partial charge is 0.254 e. The molecule has 40 heavy (non-hydrogen) atoms. The fourth-order valence-corrected chi connectivity index (χ4v) is 5.70. The summed E-state index contributed by atoms with van der Waals surface area (Å²) in [7, 11) is 0. The minimum Gasteiger partial charge on any atom is -0.254 e. The number of nitrogens with zero attached hydrogens (tertiary/aromatic N) is 3. The van der Waals surface area contributed by atoms with E-state index in [4.69, 9.17) is 9.97 Å². The average Bonchev–Trinajstić information content (AvgIpc) is 3.04. The normalized spacial score (nSPS) is 11.5. The van der Waals surface area contributed by atoms with Gasteiger partial charge in [0.2, 0.25) is 0 Å². The van der Waals surface area contributed by atoms with Crippen LogP contribution in [0.25, 0.3) is 77.1 Å². The van der Waals surface area contributed by atoms with Gasteiger partial charge in [-0.3, -0.25) is 4.98 Å². The van der Waals surface area contributed by atoms with Crippen LogP contribution in [0.1, 0.15) is 0 Å². The van der Waals surface area contributed by atoms with Gasteiger partial charge in [-0.25, -0.2) is 9.97 Å². The maximum atomic E-state index is 5.08. The van der Waals surface area contributed by atoms with Crippen molar-refractivity contribution in [1.82, 2.24) is 15.0 Å². The summed E-state index contributed by atoms with van der Waals surface area (Å²) in [6.07, 6.45) is 1.83. The van der Waals surface area contributed by atoms with Crippen LogP contribution in [0.4, 0.5) is 0 Å². The van der Waals surface area contributed by atoms with E-state index in [9.17, 15) is 0 Å². The van der Waals surface area contributed by atoms with E-state index in [0.29, 0.717) is 0 Å². The lowest BCUT2D eigenvalue weighted by atomic mass is 9.94. The van der Waals surface area contributed by atoms with Gasteiger partial charge in [0, 0.05) is 33.5 Å². The Morgan fingerprint density at radius 3 is 1.98 bits per heavy atom. The van der Waals surface area contributed by atoms with Gasteiger partial charge in [-0.2, -0.15) is 0 Å². The van der Waals surface area contributed by atoms with Crippen molar-refractivity contribution in [3.63, 3.8) is 0 Å². The van der Waals surface area contributed by atoms with Gasteiger partial charge in [-0.1, -0.05) is 109 Å². The van der Waals surface area contributed by atoms with Crippen LogP contribution in [-0.4, -0.2) is 15.0 Å². The smallest absolute Gasteiger partial charge is 0.0972 e. The number of hydrogen-bond acceptors (Lipinski definition) is 3. The Kier molecular flexibility index (Phi) is 5.14. The number of benzene rings is 5. The summed E-state index contributed by atoms with van der Waals surface area (Å²) >= 11 is 0. The first kappa shape index (κ1) is 22.6. The van der Waals surface area contributed by atoms with Gasteiger partial charge in [0.05, 0.1) is 27.9 Å². The average molecular weight is 510 g/mol. The van der Waals surface area contributed by atoms with E-state index in [1.54, 1.807) is 0 Å². The standard InChI is InChI=1S/C37H23N3/c1-2-8-26(9-3-1)34-23-31(35-30-11-5-4-7-24(30)18-21-33(35)39-34)25-12-14-27(15-13-25)32-20-19-29-17-16-28-10-6-22-38-36(28)37(29)40-32/h1-23H. The van der Waals surface area contributed by atoms with Gasteiger partial charge in [0.1, 0.15) is 0 Å². The van der Waals surface area contributed by atoms with Crippen molar-refractivity contribution >= 4 is 43.5 Å². The van der Waals surface area contributed by atoms with Crippen LogP contribution in [-0.2, 0) is 0 Å². The van der Waals surface area contributed by atoms with Crippen LogP contribution >= 0.6 is 0 Å². The third-order valence-corrected chi connectivity index (χ3v) is 7.69. The van der Waals surface area contributed by atoms with Crippen LogP contribution < -0.4 is 0 Å². The van der Waals surface area contributed by atoms with Gasteiger partial charge in [0.25, 0.3) is 0 Å². The van der Waals surface area contributed by atoms with Gasteiger partial charge in [-0.15, -0.1) is 0 Å². The fraction of sp³-hybridized carbons (Fsp3) is 0. The van der Waals surface area contributed by atoms with Gasteiger partial charge in [-0.05, 0) is 46.2 Å². The van der Waals surface area contributed by atoms with Crippen molar-refractivity contribution in [2.24, 2.45) is 0 Å². The zero-order valence-electron chi connectivity index (χ0n) is 21.6. The van der Waals surface area contributed by atoms with Crippen molar-refractivity contribution in [3.05, 3.63) is 140 Å². The molecule has 0 saturated heterocycles. The second-order valence-electron chi connectivity index (χ2n) is 10.1. The van der Waals surface area contributed by atoms with Crippen molar-refractivity contribution in [2.45, 2.75) is 0 Å². The second-order valence-corrected chi connectivity index (χ2v) is 10.1. The van der Waals surface area contributed by atoms with Crippen LogP contribution in [0.2, 0.25) is 0 Å². The summed E-state index contributed by atoms with van der Waals surface area (Å²) in [5.41, 5.74) is 9.27. The molecule has 0 spiro atoms. The van der Waals surface area contributed by atoms with Crippen molar-refractivity contribution in [2.75, 3.05) is 0 Å². The van der Waals surface area contributed by atoms with Crippen LogP contribution in [0, 0.1) is 0 Å². The van der Waals surface area contributed by atoms with E-state index in [1.807, 2.05) is 18.3 Å². The molecule has 0 unspecified atom stereocenters. The highest BCUT2D eigenvalue weighted by Crippen LogP contribution is 2.37. The molecule has 3 aromatic heterocycles. The van der Waals surface area contributed by atoms with Crippen molar-refractivity contribution < 1.29 is 0 Å². The topological polar surface area (TPSA) is 38.7 Å². The summed E-state index contributed by atoms with van der Waals surface area (Å²) in [4.78, 5) is 14.7. The molecule has 5 aromatic carbocycles. The molecule has 0 saturated carbocycles. The molecule has 0 amide bonds. The lowest BCUT2D eigenvalue weighted by Gasteiger charge is -2.13. The highest BCUT2D eigenvalue weighted by Gasteiger charge is 2.13. The van der Waals surface area contributed by atoms with E-state index >= 15 is 0 Å². The molecule has 3 heteroatoms. The Labute approximate surface area is 231 Å². The fourth-order valence-electron chi connectivity index (χ4n) is 5.70. The predicted molar refractivity (Wildman–Crippen MR) is 166 cm³/mol. The molecule has 0 atom stereocenters. The number of fused-ring (bicyclic) bond motifs is 6. The van der Waals surface area contributed by atoms with Gasteiger partial charge in [0.15, 0.2) is 0 Å². The quantitative estimate of drug-likeness (QED) is 0.223. The zero-order chi connectivity index (χ0) is 26.5.